The van der Waals surface area contributed by atoms with E-state index in [4.69, 9.17) is 10.4 Å². The first-order chi connectivity index (χ1) is 10.6. The van der Waals surface area contributed by atoms with Crippen molar-refractivity contribution in [3.05, 3.63) is 49.6 Å². The lowest BCUT2D eigenvalue weighted by atomic mass is 10.3. The highest BCUT2D eigenvalue weighted by Crippen LogP contribution is 1.95. The van der Waals surface area contributed by atoms with E-state index in [2.05, 4.69) is 10.7 Å². The van der Waals surface area contributed by atoms with Gasteiger partial charge >= 0.3 is 5.97 Å². The van der Waals surface area contributed by atoms with Gasteiger partial charge in [-0.1, -0.05) is 11.8 Å². The number of carbonyl (C=O) groups is 1. The Hall–Kier alpha value is -2.94. The molecule has 0 unspecified atom stereocenters. The standard InChI is InChI=1S/C15H11N3O3S/c1-2-18-13(19)12(7-6-10-5-3-4-8-17-10)22-14(18)11(9-16)15(20)21/h3-6,8H,2H2,1H3,(H,20,21)/b14-11-. The normalized spacial score (nSPS) is 11.3. The van der Waals surface area contributed by atoms with Crippen molar-refractivity contribution in [2.45, 2.75) is 13.5 Å². The number of rotatable bonds is 3. The minimum atomic E-state index is -1.36. The molecule has 2 rings (SSSR count). The van der Waals surface area contributed by atoms with Crippen LogP contribution in [-0.4, -0.2) is 20.6 Å². The van der Waals surface area contributed by atoms with E-state index in [1.165, 1.54) is 4.57 Å². The van der Waals surface area contributed by atoms with E-state index < -0.39 is 11.5 Å². The monoisotopic (exact) mass is 313 g/mol. The van der Waals surface area contributed by atoms with Crippen molar-refractivity contribution < 1.29 is 9.90 Å². The number of aromatic nitrogens is 2. The average Bonchev–Trinajstić information content (AvgIpc) is 2.82. The molecule has 0 saturated carbocycles. The topological polar surface area (TPSA) is 96.0 Å². The maximum atomic E-state index is 12.2. The molecule has 2 heterocycles. The van der Waals surface area contributed by atoms with Gasteiger partial charge in [0.15, 0.2) is 5.57 Å². The Morgan fingerprint density at radius 2 is 2.32 bits per heavy atom. The van der Waals surface area contributed by atoms with E-state index in [1.54, 1.807) is 43.5 Å². The zero-order valence-electron chi connectivity index (χ0n) is 11.6. The average molecular weight is 313 g/mol. The highest BCUT2D eigenvalue weighted by Gasteiger charge is 2.13. The Kier molecular flexibility index (Phi) is 4.69. The molecule has 0 aliphatic rings. The zero-order valence-corrected chi connectivity index (χ0v) is 12.4. The minimum Gasteiger partial charge on any atom is -0.477 e. The summed E-state index contributed by atoms with van der Waals surface area (Å²) in [6.45, 7) is 1.98. The summed E-state index contributed by atoms with van der Waals surface area (Å²) in [7, 11) is 0. The van der Waals surface area contributed by atoms with Crippen LogP contribution in [0.25, 0.3) is 17.4 Å². The van der Waals surface area contributed by atoms with Gasteiger partial charge < -0.3 is 5.11 Å². The molecular formula is C15H11N3O3S. The molecule has 0 fully saturated rings. The Morgan fingerprint density at radius 3 is 2.86 bits per heavy atom. The summed E-state index contributed by atoms with van der Waals surface area (Å²) in [4.78, 5) is 27.4. The van der Waals surface area contributed by atoms with Crippen LogP contribution in [0.3, 0.4) is 0 Å². The highest BCUT2D eigenvalue weighted by molar-refractivity contribution is 7.07. The first-order valence-corrected chi connectivity index (χ1v) is 7.15. The molecular weight excluding hydrogens is 302 g/mol. The fourth-order valence-corrected chi connectivity index (χ4v) is 2.83. The smallest absolute Gasteiger partial charge is 0.349 e. The molecule has 0 amide bonds. The predicted molar refractivity (Wildman–Crippen MR) is 82.3 cm³/mol. The van der Waals surface area contributed by atoms with E-state index in [9.17, 15) is 9.59 Å². The van der Waals surface area contributed by atoms with Crippen molar-refractivity contribution >= 4 is 34.7 Å². The van der Waals surface area contributed by atoms with Crippen LogP contribution in [0.1, 0.15) is 12.6 Å². The Labute approximate surface area is 129 Å². The summed E-state index contributed by atoms with van der Waals surface area (Å²) < 4.78 is 1.61. The molecule has 0 bridgehead atoms. The SMILES string of the molecule is CCn1c(=O)c(=C=Cc2ccccn2)s/c1=C(/C#N)C(=O)O. The quantitative estimate of drug-likeness (QED) is 0.872. The second kappa shape index (κ2) is 6.68. The molecule has 0 atom stereocenters. The summed E-state index contributed by atoms with van der Waals surface area (Å²) in [6.07, 6.45) is 3.16. The molecule has 0 aliphatic heterocycles. The van der Waals surface area contributed by atoms with Crippen LogP contribution in [0.2, 0.25) is 0 Å². The molecule has 0 aromatic carbocycles. The first kappa shape index (κ1) is 15.4. The molecule has 0 radical (unpaired) electrons. The fourth-order valence-electron chi connectivity index (χ4n) is 1.76. The van der Waals surface area contributed by atoms with Gasteiger partial charge in [0.1, 0.15) is 15.3 Å². The number of carboxylic acid groups (broad SMARTS) is 1. The summed E-state index contributed by atoms with van der Waals surface area (Å²) in [6, 6.07) is 6.95. The summed E-state index contributed by atoms with van der Waals surface area (Å²) in [5.74, 6) is -1.36. The van der Waals surface area contributed by atoms with Gasteiger partial charge in [-0.2, -0.15) is 5.26 Å². The van der Waals surface area contributed by atoms with Gasteiger partial charge in [0.2, 0.25) is 0 Å². The van der Waals surface area contributed by atoms with Crippen LogP contribution >= 0.6 is 11.3 Å². The number of aliphatic carboxylic acids is 1. The highest BCUT2D eigenvalue weighted by atomic mass is 32.1. The van der Waals surface area contributed by atoms with E-state index >= 15 is 0 Å². The van der Waals surface area contributed by atoms with E-state index in [-0.39, 0.29) is 21.3 Å². The number of nitriles is 1. The molecule has 2 aromatic rings. The maximum absolute atomic E-state index is 12.2. The molecule has 0 aliphatic carbocycles. The maximum Gasteiger partial charge on any atom is 0.349 e. The fraction of sp³-hybridized carbons (Fsp3) is 0.133. The largest absolute Gasteiger partial charge is 0.477 e. The third kappa shape index (κ3) is 3.04. The third-order valence-electron chi connectivity index (χ3n) is 2.78. The van der Waals surface area contributed by atoms with Crippen molar-refractivity contribution in [3.63, 3.8) is 0 Å². The van der Waals surface area contributed by atoms with Gasteiger partial charge in [0, 0.05) is 18.8 Å². The minimum absolute atomic E-state index is 0.124. The lowest BCUT2D eigenvalue weighted by Crippen LogP contribution is -2.31. The van der Waals surface area contributed by atoms with Gasteiger partial charge in [-0.25, -0.2) is 4.79 Å². The van der Waals surface area contributed by atoms with Crippen LogP contribution in [0, 0.1) is 11.3 Å². The number of carboxylic acids is 1. The van der Waals surface area contributed by atoms with Crippen molar-refractivity contribution in [1.82, 2.24) is 9.55 Å². The summed E-state index contributed by atoms with van der Waals surface area (Å²) in [5, 5.41) is 18.0. The van der Waals surface area contributed by atoms with Gasteiger partial charge in [-0.15, -0.1) is 11.3 Å². The number of pyridine rings is 1. The Morgan fingerprint density at radius 1 is 1.55 bits per heavy atom. The van der Waals surface area contributed by atoms with Crippen LogP contribution in [0.15, 0.2) is 29.2 Å². The number of thiazole rings is 1. The first-order valence-electron chi connectivity index (χ1n) is 6.33. The van der Waals surface area contributed by atoms with E-state index in [1.807, 2.05) is 0 Å². The van der Waals surface area contributed by atoms with Gasteiger partial charge in [-0.3, -0.25) is 14.3 Å². The lowest BCUT2D eigenvalue weighted by Gasteiger charge is -1.95. The number of nitrogens with zero attached hydrogens (tertiary/aromatic N) is 3. The zero-order chi connectivity index (χ0) is 16.1. The molecule has 7 heteroatoms. The van der Waals surface area contributed by atoms with Crippen LogP contribution in [0.5, 0.6) is 0 Å². The molecule has 6 nitrogen and oxygen atoms in total. The molecule has 110 valence electrons. The molecule has 0 saturated heterocycles. The van der Waals surface area contributed by atoms with Gasteiger partial charge in [0.25, 0.3) is 5.56 Å². The lowest BCUT2D eigenvalue weighted by molar-refractivity contribution is -0.130. The van der Waals surface area contributed by atoms with Gasteiger partial charge in [-0.05, 0) is 19.1 Å². The number of hydrogen-bond donors (Lipinski definition) is 1. The summed E-state index contributed by atoms with van der Waals surface area (Å²) in [5.41, 5.74) is 2.63. The Balaban J connectivity index is 2.81. The van der Waals surface area contributed by atoms with Crippen LogP contribution < -0.4 is 14.8 Å². The van der Waals surface area contributed by atoms with Crippen LogP contribution in [-0.2, 0) is 11.3 Å². The van der Waals surface area contributed by atoms with E-state index in [0.29, 0.717) is 5.69 Å². The molecule has 0 spiro atoms. The third-order valence-corrected chi connectivity index (χ3v) is 3.89. The second-order valence-electron chi connectivity index (χ2n) is 4.12. The molecule has 1 N–H and O–H groups in total. The molecule has 22 heavy (non-hydrogen) atoms. The van der Waals surface area contributed by atoms with Crippen molar-refractivity contribution in [1.29, 1.82) is 5.26 Å². The Bertz CT molecular complexity index is 958. The molecule has 2 aromatic heterocycles. The predicted octanol–water partition coefficient (Wildman–Crippen LogP) is 0.176. The second-order valence-corrected chi connectivity index (χ2v) is 5.12. The van der Waals surface area contributed by atoms with Crippen LogP contribution in [0.4, 0.5) is 0 Å². The van der Waals surface area contributed by atoms with Crippen molar-refractivity contribution in [3.8, 4) is 6.07 Å². The number of hydrogen-bond acceptors (Lipinski definition) is 5. The van der Waals surface area contributed by atoms with Crippen molar-refractivity contribution in [2.24, 2.45) is 0 Å². The van der Waals surface area contributed by atoms with Crippen molar-refractivity contribution in [2.75, 3.05) is 0 Å². The summed E-state index contributed by atoms with van der Waals surface area (Å²) >= 11 is 0.931. The van der Waals surface area contributed by atoms with E-state index in [0.717, 1.165) is 11.3 Å². The van der Waals surface area contributed by atoms with Gasteiger partial charge in [0.05, 0.1) is 5.69 Å².